The summed E-state index contributed by atoms with van der Waals surface area (Å²) in [6, 6.07) is 3.16. The average Bonchev–Trinajstić information content (AvgIpc) is 2.73. The van der Waals surface area contributed by atoms with Crippen LogP contribution in [0.2, 0.25) is 0 Å². The minimum Gasteiger partial charge on any atom is -0.379 e. The standard InChI is InChI=1S/C15H19BrClFN2O/c1-9(2)8-21-5-4-20-14-6-11(16)12(18)7-13(14)19-15(20)10(3)17/h6-7,9-10H,4-5,8H2,1-3H3. The second kappa shape index (κ2) is 7.07. The number of fused-ring (bicyclic) bond motifs is 1. The number of hydrogen-bond acceptors (Lipinski definition) is 2. The fraction of sp³-hybridized carbons (Fsp3) is 0.533. The molecule has 0 N–H and O–H groups in total. The zero-order valence-electron chi connectivity index (χ0n) is 12.4. The predicted molar refractivity (Wildman–Crippen MR) is 87.3 cm³/mol. The minimum atomic E-state index is -0.322. The number of alkyl halides is 1. The Morgan fingerprint density at radius 2 is 2.10 bits per heavy atom. The van der Waals surface area contributed by atoms with Gasteiger partial charge in [0, 0.05) is 19.2 Å². The third-order valence-corrected chi connectivity index (χ3v) is 3.89. The highest BCUT2D eigenvalue weighted by Crippen LogP contribution is 2.28. The number of nitrogens with zero attached hydrogens (tertiary/aromatic N) is 2. The first-order valence-corrected chi connectivity index (χ1v) is 8.20. The number of rotatable bonds is 6. The Hall–Kier alpha value is -0.650. The lowest BCUT2D eigenvalue weighted by Crippen LogP contribution is -2.12. The molecule has 0 aliphatic heterocycles. The molecule has 1 unspecified atom stereocenters. The van der Waals surface area contributed by atoms with Gasteiger partial charge in [0.15, 0.2) is 0 Å². The van der Waals surface area contributed by atoms with E-state index in [0.29, 0.717) is 29.1 Å². The molecule has 1 atom stereocenters. The van der Waals surface area contributed by atoms with Crippen molar-refractivity contribution in [1.82, 2.24) is 9.55 Å². The molecular formula is C15H19BrClFN2O. The van der Waals surface area contributed by atoms with E-state index in [9.17, 15) is 4.39 Å². The first kappa shape index (κ1) is 16.7. The van der Waals surface area contributed by atoms with Crippen LogP contribution >= 0.6 is 27.5 Å². The Morgan fingerprint density at radius 1 is 1.38 bits per heavy atom. The van der Waals surface area contributed by atoms with Crippen molar-refractivity contribution in [3.05, 3.63) is 28.2 Å². The highest BCUT2D eigenvalue weighted by atomic mass is 79.9. The molecule has 0 fully saturated rings. The van der Waals surface area contributed by atoms with Gasteiger partial charge in [-0.1, -0.05) is 13.8 Å². The Labute approximate surface area is 137 Å². The summed E-state index contributed by atoms with van der Waals surface area (Å²) in [5.74, 6) is 0.911. The van der Waals surface area contributed by atoms with Crippen molar-refractivity contribution >= 4 is 38.6 Å². The van der Waals surface area contributed by atoms with Gasteiger partial charge in [-0.2, -0.15) is 0 Å². The van der Waals surface area contributed by atoms with E-state index in [2.05, 4.69) is 34.8 Å². The number of ether oxygens (including phenoxy) is 1. The van der Waals surface area contributed by atoms with Gasteiger partial charge in [0.1, 0.15) is 11.6 Å². The van der Waals surface area contributed by atoms with Crippen molar-refractivity contribution in [3.8, 4) is 0 Å². The topological polar surface area (TPSA) is 27.1 Å². The molecule has 0 aliphatic carbocycles. The van der Waals surface area contributed by atoms with Gasteiger partial charge < -0.3 is 9.30 Å². The smallest absolute Gasteiger partial charge is 0.139 e. The second-order valence-electron chi connectivity index (χ2n) is 5.46. The molecular weight excluding hydrogens is 359 g/mol. The van der Waals surface area contributed by atoms with Gasteiger partial charge in [-0.05, 0) is 34.8 Å². The predicted octanol–water partition coefficient (Wildman–Crippen LogP) is 4.91. The lowest BCUT2D eigenvalue weighted by Gasteiger charge is -2.12. The molecule has 0 radical (unpaired) electrons. The van der Waals surface area contributed by atoms with Crippen LogP contribution in [-0.2, 0) is 11.3 Å². The summed E-state index contributed by atoms with van der Waals surface area (Å²) >= 11 is 9.41. The molecule has 2 aromatic rings. The number of halogens is 3. The van der Waals surface area contributed by atoms with E-state index >= 15 is 0 Å². The molecule has 1 aromatic carbocycles. The molecule has 0 spiro atoms. The second-order valence-corrected chi connectivity index (χ2v) is 6.97. The number of benzene rings is 1. The zero-order valence-corrected chi connectivity index (χ0v) is 14.7. The third-order valence-electron chi connectivity index (χ3n) is 3.09. The molecule has 3 nitrogen and oxygen atoms in total. The monoisotopic (exact) mass is 376 g/mol. The van der Waals surface area contributed by atoms with Gasteiger partial charge >= 0.3 is 0 Å². The van der Waals surface area contributed by atoms with Crippen LogP contribution in [0.3, 0.4) is 0 Å². The number of imidazole rings is 1. The summed E-state index contributed by atoms with van der Waals surface area (Å²) in [6.07, 6.45) is 0. The van der Waals surface area contributed by atoms with Crippen LogP contribution in [0.4, 0.5) is 4.39 Å². The molecule has 1 heterocycles. The van der Waals surface area contributed by atoms with Crippen molar-refractivity contribution in [1.29, 1.82) is 0 Å². The fourth-order valence-corrected chi connectivity index (χ4v) is 2.65. The van der Waals surface area contributed by atoms with Crippen molar-refractivity contribution in [2.75, 3.05) is 13.2 Å². The van der Waals surface area contributed by atoms with Crippen molar-refractivity contribution in [3.63, 3.8) is 0 Å². The highest BCUT2D eigenvalue weighted by molar-refractivity contribution is 9.10. The maximum Gasteiger partial charge on any atom is 0.139 e. The Balaban J connectivity index is 2.30. The third kappa shape index (κ3) is 3.96. The quantitative estimate of drug-likeness (QED) is 0.528. The van der Waals surface area contributed by atoms with Gasteiger partial charge in [0.05, 0.1) is 27.5 Å². The van der Waals surface area contributed by atoms with Gasteiger partial charge in [-0.15, -0.1) is 11.6 Å². The summed E-state index contributed by atoms with van der Waals surface area (Å²) in [5, 5.41) is -0.246. The minimum absolute atomic E-state index is 0.246. The summed E-state index contributed by atoms with van der Waals surface area (Å²) < 4.78 is 21.7. The molecule has 0 saturated heterocycles. The average molecular weight is 378 g/mol. The lowest BCUT2D eigenvalue weighted by atomic mass is 10.2. The summed E-state index contributed by atoms with van der Waals surface area (Å²) in [6.45, 7) is 8.02. The molecule has 21 heavy (non-hydrogen) atoms. The molecule has 0 amide bonds. The maximum atomic E-state index is 13.6. The zero-order chi connectivity index (χ0) is 15.6. The van der Waals surface area contributed by atoms with Gasteiger partial charge in [-0.25, -0.2) is 9.37 Å². The number of aromatic nitrogens is 2. The van der Waals surface area contributed by atoms with E-state index in [0.717, 1.165) is 17.9 Å². The first-order valence-electron chi connectivity index (χ1n) is 6.97. The Morgan fingerprint density at radius 3 is 2.71 bits per heavy atom. The van der Waals surface area contributed by atoms with E-state index in [-0.39, 0.29) is 11.2 Å². The number of hydrogen-bond donors (Lipinski definition) is 0. The molecule has 116 valence electrons. The van der Waals surface area contributed by atoms with Crippen LogP contribution in [-0.4, -0.2) is 22.8 Å². The van der Waals surface area contributed by atoms with Gasteiger partial charge in [-0.3, -0.25) is 0 Å². The van der Waals surface area contributed by atoms with Crippen LogP contribution in [0.5, 0.6) is 0 Å². The van der Waals surface area contributed by atoms with E-state index < -0.39 is 0 Å². The van der Waals surface area contributed by atoms with Crippen LogP contribution < -0.4 is 0 Å². The van der Waals surface area contributed by atoms with Crippen molar-refractivity contribution < 1.29 is 9.13 Å². The Kier molecular flexibility index (Phi) is 5.63. The summed E-state index contributed by atoms with van der Waals surface area (Å²) in [4.78, 5) is 4.44. The first-order chi connectivity index (χ1) is 9.90. The largest absolute Gasteiger partial charge is 0.379 e. The van der Waals surface area contributed by atoms with E-state index in [1.807, 2.05) is 11.5 Å². The van der Waals surface area contributed by atoms with Gasteiger partial charge in [0.25, 0.3) is 0 Å². The van der Waals surface area contributed by atoms with E-state index in [4.69, 9.17) is 16.3 Å². The van der Waals surface area contributed by atoms with Crippen molar-refractivity contribution in [2.45, 2.75) is 32.7 Å². The van der Waals surface area contributed by atoms with Crippen molar-refractivity contribution in [2.24, 2.45) is 5.92 Å². The van der Waals surface area contributed by atoms with Crippen LogP contribution in [0.1, 0.15) is 32.0 Å². The Bertz CT molecular complexity index is 628. The van der Waals surface area contributed by atoms with Gasteiger partial charge in [0.2, 0.25) is 0 Å². The molecule has 0 aliphatic rings. The lowest BCUT2D eigenvalue weighted by molar-refractivity contribution is 0.103. The maximum absolute atomic E-state index is 13.6. The highest BCUT2D eigenvalue weighted by Gasteiger charge is 2.16. The summed E-state index contributed by atoms with van der Waals surface area (Å²) in [7, 11) is 0. The molecule has 1 aromatic heterocycles. The van der Waals surface area contributed by atoms with Crippen LogP contribution in [0.25, 0.3) is 11.0 Å². The molecule has 6 heteroatoms. The normalized spacial score (nSPS) is 13.3. The van der Waals surface area contributed by atoms with E-state index in [1.54, 1.807) is 6.07 Å². The summed E-state index contributed by atoms with van der Waals surface area (Å²) in [5.41, 5.74) is 1.47. The molecule has 0 bridgehead atoms. The molecule has 0 saturated carbocycles. The van der Waals surface area contributed by atoms with Crippen LogP contribution in [0, 0.1) is 11.7 Å². The fourth-order valence-electron chi connectivity index (χ4n) is 2.15. The molecule has 2 rings (SSSR count). The SMILES string of the molecule is CC(C)COCCn1c(C(C)Cl)nc2cc(F)c(Br)cc21. The van der Waals surface area contributed by atoms with Crippen LogP contribution in [0.15, 0.2) is 16.6 Å². The van der Waals surface area contributed by atoms with E-state index in [1.165, 1.54) is 6.07 Å².